The van der Waals surface area contributed by atoms with Crippen molar-refractivity contribution in [2.45, 2.75) is 6.54 Å². The second-order valence-corrected chi connectivity index (χ2v) is 6.24. The highest BCUT2D eigenvalue weighted by Gasteiger charge is 2.32. The van der Waals surface area contributed by atoms with E-state index >= 15 is 0 Å². The molecular weight excluding hydrogens is 322 g/mol. The van der Waals surface area contributed by atoms with E-state index in [1.807, 2.05) is 0 Å². The molecular formula is C15H11NO4S2. The zero-order valence-corrected chi connectivity index (χ0v) is 12.9. The van der Waals surface area contributed by atoms with Crippen LogP contribution in [0.3, 0.4) is 0 Å². The van der Waals surface area contributed by atoms with E-state index in [0.717, 1.165) is 11.8 Å². The number of nitrogens with zero attached hydrogens (tertiary/aromatic N) is 1. The quantitative estimate of drug-likeness (QED) is 0.511. The van der Waals surface area contributed by atoms with Crippen molar-refractivity contribution < 1.29 is 19.4 Å². The molecule has 0 saturated carbocycles. The number of phenolic OH excluding ortho intramolecular Hbond substituents is 2. The maximum Gasteiger partial charge on any atom is 0.266 e. The molecule has 0 radical (unpaired) electrons. The molecule has 22 heavy (non-hydrogen) atoms. The largest absolute Gasteiger partial charge is 0.504 e. The number of amides is 1. The number of thiocarbonyl (C=S) groups is 1. The number of hydrogen-bond acceptors (Lipinski definition) is 6. The average Bonchev–Trinajstić information content (AvgIpc) is 3.08. The summed E-state index contributed by atoms with van der Waals surface area (Å²) in [5.41, 5.74) is 0.360. The minimum atomic E-state index is -0.265. The van der Waals surface area contributed by atoms with Gasteiger partial charge in [-0.05, 0) is 24.3 Å². The van der Waals surface area contributed by atoms with Crippen molar-refractivity contribution in [2.75, 3.05) is 0 Å². The molecule has 2 N–H and O–H groups in total. The molecule has 2 aromatic rings. The van der Waals surface area contributed by atoms with Crippen LogP contribution in [-0.2, 0) is 11.3 Å². The lowest BCUT2D eigenvalue weighted by molar-refractivity contribution is -0.122. The molecule has 2 heterocycles. The third-order valence-electron chi connectivity index (χ3n) is 3.10. The zero-order chi connectivity index (χ0) is 15.7. The van der Waals surface area contributed by atoms with E-state index in [1.54, 1.807) is 24.3 Å². The van der Waals surface area contributed by atoms with Crippen molar-refractivity contribution in [3.05, 3.63) is 52.8 Å². The third kappa shape index (κ3) is 2.72. The van der Waals surface area contributed by atoms with Crippen molar-refractivity contribution in [1.29, 1.82) is 0 Å². The third-order valence-corrected chi connectivity index (χ3v) is 4.48. The van der Waals surface area contributed by atoms with Gasteiger partial charge in [0.2, 0.25) is 0 Å². The molecule has 1 aromatic carbocycles. The number of rotatable bonds is 3. The number of benzene rings is 1. The van der Waals surface area contributed by atoms with Crippen molar-refractivity contribution in [3.63, 3.8) is 0 Å². The Morgan fingerprint density at radius 3 is 2.82 bits per heavy atom. The van der Waals surface area contributed by atoms with E-state index in [2.05, 4.69) is 0 Å². The van der Waals surface area contributed by atoms with Crippen LogP contribution in [0, 0.1) is 0 Å². The summed E-state index contributed by atoms with van der Waals surface area (Å²) in [6.45, 7) is 0.265. The molecule has 1 aliphatic heterocycles. The Morgan fingerprint density at radius 1 is 1.27 bits per heavy atom. The van der Waals surface area contributed by atoms with Crippen LogP contribution in [0.5, 0.6) is 11.5 Å². The van der Waals surface area contributed by atoms with Crippen LogP contribution < -0.4 is 0 Å². The first-order chi connectivity index (χ1) is 10.6. The molecule has 1 amide bonds. The molecule has 0 unspecified atom stereocenters. The maximum absolute atomic E-state index is 12.4. The lowest BCUT2D eigenvalue weighted by atomic mass is 10.1. The molecule has 0 aliphatic carbocycles. The summed E-state index contributed by atoms with van der Waals surface area (Å²) in [5.74, 6) is -0.120. The first-order valence-corrected chi connectivity index (χ1v) is 7.57. The fourth-order valence-electron chi connectivity index (χ4n) is 2.00. The van der Waals surface area contributed by atoms with Gasteiger partial charge in [-0.15, -0.1) is 0 Å². The van der Waals surface area contributed by atoms with Crippen LogP contribution in [0.4, 0.5) is 0 Å². The molecule has 3 rings (SSSR count). The number of thioether (sulfide) groups is 1. The van der Waals surface area contributed by atoms with E-state index in [0.29, 0.717) is 20.5 Å². The van der Waals surface area contributed by atoms with Gasteiger partial charge in [-0.25, -0.2) is 0 Å². The van der Waals surface area contributed by atoms with Crippen molar-refractivity contribution in [3.8, 4) is 11.5 Å². The molecule has 5 nitrogen and oxygen atoms in total. The van der Waals surface area contributed by atoms with Crippen LogP contribution >= 0.6 is 24.0 Å². The first kappa shape index (κ1) is 14.7. The van der Waals surface area contributed by atoms with Crippen molar-refractivity contribution >= 4 is 40.3 Å². The summed E-state index contributed by atoms with van der Waals surface area (Å²) in [6.07, 6.45) is 3.05. The minimum Gasteiger partial charge on any atom is -0.504 e. The normalized spacial score (nSPS) is 16.7. The summed E-state index contributed by atoms with van der Waals surface area (Å²) < 4.78 is 5.65. The fraction of sp³-hybridized carbons (Fsp3) is 0.0667. The summed E-state index contributed by atoms with van der Waals surface area (Å²) in [7, 11) is 0. The van der Waals surface area contributed by atoms with Gasteiger partial charge >= 0.3 is 0 Å². The average molecular weight is 333 g/mol. The first-order valence-electron chi connectivity index (χ1n) is 6.35. The fourth-order valence-corrected chi connectivity index (χ4v) is 3.25. The standard InChI is InChI=1S/C15H11NO4S2/c17-11-5-1-3-9(13(11)18)7-12-14(19)16(15(21)22-12)8-10-4-2-6-20-10/h1-7,17-18H,8H2/b12-7-. The lowest BCUT2D eigenvalue weighted by Crippen LogP contribution is -2.27. The van der Waals surface area contributed by atoms with Crippen LogP contribution in [0.15, 0.2) is 45.9 Å². The smallest absolute Gasteiger partial charge is 0.266 e. The number of furan rings is 1. The van der Waals surface area contributed by atoms with Gasteiger partial charge in [-0.3, -0.25) is 9.69 Å². The Balaban J connectivity index is 1.87. The van der Waals surface area contributed by atoms with Crippen LogP contribution in [0.1, 0.15) is 11.3 Å². The molecule has 1 saturated heterocycles. The van der Waals surface area contributed by atoms with E-state index in [4.69, 9.17) is 16.6 Å². The highest BCUT2D eigenvalue weighted by Crippen LogP contribution is 2.36. The topological polar surface area (TPSA) is 73.9 Å². The molecule has 112 valence electrons. The summed E-state index contributed by atoms with van der Waals surface area (Å²) in [4.78, 5) is 14.2. The number of carbonyl (C=O) groups is 1. The molecule has 1 aliphatic rings. The Kier molecular flexibility index (Phi) is 3.91. The van der Waals surface area contributed by atoms with Gasteiger partial charge in [0, 0.05) is 5.56 Å². The lowest BCUT2D eigenvalue weighted by Gasteiger charge is -2.12. The van der Waals surface area contributed by atoms with Gasteiger partial charge in [-0.1, -0.05) is 36.1 Å². The van der Waals surface area contributed by atoms with Crippen LogP contribution in [0.25, 0.3) is 6.08 Å². The van der Waals surface area contributed by atoms with E-state index in [1.165, 1.54) is 23.3 Å². The molecule has 1 aromatic heterocycles. The Labute approximate surface area is 135 Å². The highest BCUT2D eigenvalue weighted by molar-refractivity contribution is 8.26. The summed E-state index contributed by atoms with van der Waals surface area (Å²) >= 11 is 6.36. The zero-order valence-electron chi connectivity index (χ0n) is 11.2. The number of carbonyl (C=O) groups excluding carboxylic acids is 1. The maximum atomic E-state index is 12.4. The molecule has 7 heteroatoms. The number of phenols is 2. The van der Waals surface area contributed by atoms with E-state index in [-0.39, 0.29) is 24.0 Å². The summed E-state index contributed by atoms with van der Waals surface area (Å²) in [5, 5.41) is 19.3. The van der Waals surface area contributed by atoms with Crippen molar-refractivity contribution in [1.82, 2.24) is 4.90 Å². The monoisotopic (exact) mass is 333 g/mol. The Morgan fingerprint density at radius 2 is 2.09 bits per heavy atom. The van der Waals surface area contributed by atoms with E-state index < -0.39 is 0 Å². The number of hydrogen-bond donors (Lipinski definition) is 2. The van der Waals surface area contributed by atoms with E-state index in [9.17, 15) is 15.0 Å². The summed E-state index contributed by atoms with van der Waals surface area (Å²) in [6, 6.07) is 8.07. The predicted molar refractivity (Wildman–Crippen MR) is 87.2 cm³/mol. The van der Waals surface area contributed by atoms with Gasteiger partial charge < -0.3 is 14.6 Å². The number of para-hydroxylation sites is 1. The van der Waals surface area contributed by atoms with Gasteiger partial charge in [-0.2, -0.15) is 0 Å². The molecule has 0 bridgehead atoms. The van der Waals surface area contributed by atoms with Crippen LogP contribution in [0.2, 0.25) is 0 Å². The van der Waals surface area contributed by atoms with Gasteiger partial charge in [0.15, 0.2) is 11.5 Å². The Bertz CT molecular complexity index is 768. The van der Waals surface area contributed by atoms with Crippen LogP contribution in [-0.4, -0.2) is 25.3 Å². The minimum absolute atomic E-state index is 0.236. The van der Waals surface area contributed by atoms with Gasteiger partial charge in [0.25, 0.3) is 5.91 Å². The van der Waals surface area contributed by atoms with Gasteiger partial charge in [0.1, 0.15) is 10.1 Å². The van der Waals surface area contributed by atoms with Gasteiger partial charge in [0.05, 0.1) is 17.7 Å². The second-order valence-electron chi connectivity index (χ2n) is 4.56. The predicted octanol–water partition coefficient (Wildman–Crippen LogP) is 3.09. The SMILES string of the molecule is O=C1/C(=C/c2cccc(O)c2O)SC(=S)N1Cc1ccco1. The number of aromatic hydroxyl groups is 2. The molecule has 0 spiro atoms. The molecule has 1 fully saturated rings. The van der Waals surface area contributed by atoms with Crippen molar-refractivity contribution in [2.24, 2.45) is 0 Å². The molecule has 0 atom stereocenters. The Hall–Kier alpha value is -2.25. The highest BCUT2D eigenvalue weighted by atomic mass is 32.2. The second kappa shape index (κ2) is 5.86.